The highest BCUT2D eigenvalue weighted by Crippen LogP contribution is 2.54. The number of halogens is 1. The van der Waals surface area contributed by atoms with Gasteiger partial charge in [0.15, 0.2) is 0 Å². The molecule has 27 heavy (non-hydrogen) atoms. The Balaban J connectivity index is 2.01. The van der Waals surface area contributed by atoms with Crippen molar-refractivity contribution < 1.29 is 9.59 Å². The second kappa shape index (κ2) is 6.09. The predicted octanol–water partition coefficient (Wildman–Crippen LogP) is 3.75. The van der Waals surface area contributed by atoms with E-state index in [1.807, 2.05) is 26.0 Å². The van der Waals surface area contributed by atoms with Crippen LogP contribution in [0.4, 0.5) is 11.5 Å². The molecule has 1 atom stereocenters. The summed E-state index contributed by atoms with van der Waals surface area (Å²) in [6, 6.07) is 5.61. The molecule has 1 aromatic heterocycles. The lowest BCUT2D eigenvalue weighted by atomic mass is 9.72. The summed E-state index contributed by atoms with van der Waals surface area (Å²) in [6.07, 6.45) is 1.78. The van der Waals surface area contributed by atoms with Gasteiger partial charge < -0.3 is 10.2 Å². The topological polar surface area (TPSA) is 67.2 Å². The zero-order valence-electron chi connectivity index (χ0n) is 15.9. The first-order valence-electron chi connectivity index (χ1n) is 9.26. The monoisotopic (exact) mass is 386 g/mol. The lowest BCUT2D eigenvalue weighted by Gasteiger charge is -2.33. The Morgan fingerprint density at radius 2 is 1.96 bits per heavy atom. The van der Waals surface area contributed by atoms with Gasteiger partial charge in [0.05, 0.1) is 16.9 Å². The number of rotatable bonds is 3. The molecule has 0 fully saturated rings. The SMILES string of the molecule is CC(C)CN1C(=O)[C@@]2(CC(=O)Nc3c2cnn3C(C)C)c2cccc(Cl)c21. The molecular weight excluding hydrogens is 364 g/mol. The van der Waals surface area contributed by atoms with Crippen molar-refractivity contribution in [2.24, 2.45) is 5.92 Å². The Hall–Kier alpha value is -2.34. The third-order valence-corrected chi connectivity index (χ3v) is 5.61. The van der Waals surface area contributed by atoms with E-state index in [0.29, 0.717) is 17.4 Å². The van der Waals surface area contributed by atoms with E-state index >= 15 is 0 Å². The Labute approximate surface area is 163 Å². The van der Waals surface area contributed by atoms with Gasteiger partial charge >= 0.3 is 0 Å². The molecule has 2 aliphatic rings. The van der Waals surface area contributed by atoms with Crippen molar-refractivity contribution in [2.45, 2.75) is 45.6 Å². The maximum atomic E-state index is 13.8. The molecule has 2 amide bonds. The van der Waals surface area contributed by atoms with Gasteiger partial charge in [0.2, 0.25) is 11.8 Å². The Kier molecular flexibility index (Phi) is 4.07. The third kappa shape index (κ3) is 2.42. The van der Waals surface area contributed by atoms with E-state index in [1.54, 1.807) is 21.8 Å². The molecule has 0 unspecified atom stereocenters. The molecule has 1 N–H and O–H groups in total. The van der Waals surface area contributed by atoms with Crippen molar-refractivity contribution in [3.8, 4) is 0 Å². The molecular formula is C20H23ClN4O2. The number of carbonyl (C=O) groups is 2. The van der Waals surface area contributed by atoms with Gasteiger partial charge in [-0.1, -0.05) is 37.6 Å². The molecule has 0 radical (unpaired) electrons. The van der Waals surface area contributed by atoms with Crippen LogP contribution in [0.5, 0.6) is 0 Å². The molecule has 0 saturated carbocycles. The minimum absolute atomic E-state index is 0.0601. The smallest absolute Gasteiger partial charge is 0.242 e. The van der Waals surface area contributed by atoms with E-state index in [2.05, 4.69) is 24.3 Å². The number of para-hydroxylation sites is 1. The van der Waals surface area contributed by atoms with Crippen LogP contribution in [0.2, 0.25) is 5.02 Å². The quantitative estimate of drug-likeness (QED) is 0.873. The van der Waals surface area contributed by atoms with Crippen LogP contribution in [0.25, 0.3) is 0 Å². The number of hydrogen-bond acceptors (Lipinski definition) is 3. The molecule has 2 aromatic rings. The van der Waals surface area contributed by atoms with Gasteiger partial charge in [0.1, 0.15) is 11.2 Å². The average molecular weight is 387 g/mol. The number of nitrogens with zero attached hydrogens (tertiary/aromatic N) is 3. The van der Waals surface area contributed by atoms with Crippen molar-refractivity contribution in [1.82, 2.24) is 9.78 Å². The number of nitrogens with one attached hydrogen (secondary N) is 1. The molecule has 1 spiro atoms. The fraction of sp³-hybridized carbons (Fsp3) is 0.450. The molecule has 0 saturated heterocycles. The first-order chi connectivity index (χ1) is 12.8. The number of carbonyl (C=O) groups excluding carboxylic acids is 2. The normalized spacial score (nSPS) is 21.2. The zero-order chi connectivity index (χ0) is 19.5. The molecule has 142 valence electrons. The number of hydrogen-bond donors (Lipinski definition) is 1. The van der Waals surface area contributed by atoms with E-state index in [-0.39, 0.29) is 30.2 Å². The highest BCUT2D eigenvalue weighted by atomic mass is 35.5. The van der Waals surface area contributed by atoms with E-state index in [1.165, 1.54) is 0 Å². The molecule has 7 heteroatoms. The van der Waals surface area contributed by atoms with Crippen LogP contribution in [0.3, 0.4) is 0 Å². The van der Waals surface area contributed by atoms with Crippen molar-refractivity contribution in [1.29, 1.82) is 0 Å². The van der Waals surface area contributed by atoms with Gasteiger partial charge in [0, 0.05) is 24.6 Å². The van der Waals surface area contributed by atoms with Crippen LogP contribution in [-0.2, 0) is 15.0 Å². The van der Waals surface area contributed by atoms with Gasteiger partial charge in [-0.25, -0.2) is 4.68 Å². The van der Waals surface area contributed by atoms with E-state index in [9.17, 15) is 9.59 Å². The molecule has 0 bridgehead atoms. The Bertz CT molecular complexity index is 949. The van der Waals surface area contributed by atoms with Gasteiger partial charge in [-0.05, 0) is 31.4 Å². The van der Waals surface area contributed by atoms with Crippen molar-refractivity contribution in [3.63, 3.8) is 0 Å². The number of aromatic nitrogens is 2. The molecule has 6 nitrogen and oxygen atoms in total. The van der Waals surface area contributed by atoms with Gasteiger partial charge in [-0.3, -0.25) is 9.59 Å². The highest BCUT2D eigenvalue weighted by molar-refractivity contribution is 6.35. The van der Waals surface area contributed by atoms with E-state index in [4.69, 9.17) is 11.6 Å². The minimum Gasteiger partial charge on any atom is -0.311 e. The second-order valence-electron chi connectivity index (χ2n) is 8.02. The van der Waals surface area contributed by atoms with E-state index in [0.717, 1.165) is 16.8 Å². The first-order valence-corrected chi connectivity index (χ1v) is 9.64. The first kappa shape index (κ1) is 18.0. The summed E-state index contributed by atoms with van der Waals surface area (Å²) in [7, 11) is 0. The summed E-state index contributed by atoms with van der Waals surface area (Å²) in [5, 5.41) is 7.91. The largest absolute Gasteiger partial charge is 0.311 e. The van der Waals surface area contributed by atoms with Crippen LogP contribution in [0.15, 0.2) is 24.4 Å². The maximum Gasteiger partial charge on any atom is 0.242 e. The summed E-state index contributed by atoms with van der Waals surface area (Å²) in [4.78, 5) is 28.2. The van der Waals surface area contributed by atoms with Crippen LogP contribution in [0, 0.1) is 5.92 Å². The van der Waals surface area contributed by atoms with E-state index < -0.39 is 5.41 Å². The summed E-state index contributed by atoms with van der Waals surface area (Å²) in [5.41, 5.74) is 1.19. The number of amides is 2. The average Bonchev–Trinajstić information content (AvgIpc) is 3.10. The standard InChI is InChI=1S/C20H23ClN4O2/c1-11(2)10-24-17-13(6-5-7-15(17)21)20(19(24)27)8-16(26)23-18-14(20)9-22-25(18)12(3)4/h5-7,9,11-12H,8,10H2,1-4H3,(H,23,26)/t20-/m0/s1. The summed E-state index contributed by atoms with van der Waals surface area (Å²) in [6.45, 7) is 8.65. The number of fused-ring (bicyclic) bond motifs is 4. The summed E-state index contributed by atoms with van der Waals surface area (Å²) >= 11 is 6.52. The second-order valence-corrected chi connectivity index (χ2v) is 8.43. The van der Waals surface area contributed by atoms with Crippen LogP contribution >= 0.6 is 11.6 Å². The van der Waals surface area contributed by atoms with Crippen LogP contribution < -0.4 is 10.2 Å². The minimum atomic E-state index is -1.07. The molecule has 3 heterocycles. The Morgan fingerprint density at radius 3 is 2.63 bits per heavy atom. The Morgan fingerprint density at radius 1 is 1.22 bits per heavy atom. The summed E-state index contributed by atoms with van der Waals surface area (Å²) in [5.74, 6) is 0.588. The van der Waals surface area contributed by atoms with Gasteiger partial charge in [-0.2, -0.15) is 5.10 Å². The fourth-order valence-electron chi connectivity index (χ4n) is 4.25. The van der Waals surface area contributed by atoms with Gasteiger partial charge in [0.25, 0.3) is 0 Å². The summed E-state index contributed by atoms with van der Waals surface area (Å²) < 4.78 is 1.76. The highest BCUT2D eigenvalue weighted by Gasteiger charge is 2.57. The molecule has 4 rings (SSSR count). The lowest BCUT2D eigenvalue weighted by molar-refractivity contribution is -0.126. The van der Waals surface area contributed by atoms with Crippen LogP contribution in [0.1, 0.15) is 51.3 Å². The number of anilines is 2. The van der Waals surface area contributed by atoms with Crippen molar-refractivity contribution in [3.05, 3.63) is 40.5 Å². The van der Waals surface area contributed by atoms with Crippen LogP contribution in [-0.4, -0.2) is 28.1 Å². The number of benzene rings is 1. The van der Waals surface area contributed by atoms with Crippen molar-refractivity contribution >= 4 is 34.9 Å². The van der Waals surface area contributed by atoms with Gasteiger partial charge in [-0.15, -0.1) is 0 Å². The third-order valence-electron chi connectivity index (χ3n) is 5.30. The maximum absolute atomic E-state index is 13.8. The molecule has 1 aromatic carbocycles. The zero-order valence-corrected chi connectivity index (χ0v) is 16.7. The predicted molar refractivity (Wildman–Crippen MR) is 105 cm³/mol. The fourth-order valence-corrected chi connectivity index (χ4v) is 4.53. The van der Waals surface area contributed by atoms with Crippen molar-refractivity contribution in [2.75, 3.05) is 16.8 Å². The molecule has 0 aliphatic carbocycles. The lowest BCUT2D eigenvalue weighted by Crippen LogP contribution is -2.47. The molecule has 2 aliphatic heterocycles.